The molecule has 37 heavy (non-hydrogen) atoms. The van der Waals surface area contributed by atoms with Gasteiger partial charge in [0.25, 0.3) is 5.69 Å². The van der Waals surface area contributed by atoms with Crippen LogP contribution in [0.2, 0.25) is 0 Å². The number of rotatable bonds is 9. The molecular formula is C28H29N5O4. The molecule has 0 bridgehead atoms. The summed E-state index contributed by atoms with van der Waals surface area (Å²) in [6.07, 6.45) is 3.84. The molecule has 0 unspecified atom stereocenters. The zero-order chi connectivity index (χ0) is 25.6. The summed E-state index contributed by atoms with van der Waals surface area (Å²) in [5, 5.41) is 15.5. The molecule has 9 nitrogen and oxygen atoms in total. The Labute approximate surface area is 214 Å². The Morgan fingerprint density at radius 3 is 2.78 bits per heavy atom. The number of nitro groups is 1. The monoisotopic (exact) mass is 499 g/mol. The lowest BCUT2D eigenvalue weighted by Gasteiger charge is -2.26. The van der Waals surface area contributed by atoms with E-state index in [1.54, 1.807) is 18.3 Å². The molecule has 1 saturated heterocycles. The Morgan fingerprint density at radius 2 is 2.00 bits per heavy atom. The normalized spacial score (nSPS) is 14.9. The van der Waals surface area contributed by atoms with E-state index in [0.29, 0.717) is 19.8 Å². The zero-order valence-electron chi connectivity index (χ0n) is 20.4. The first kappa shape index (κ1) is 24.6. The fourth-order valence-corrected chi connectivity index (χ4v) is 4.83. The number of carbonyl (C=O) groups excluding carboxylic acids is 1. The van der Waals surface area contributed by atoms with E-state index in [1.807, 2.05) is 48.7 Å². The van der Waals surface area contributed by atoms with Crippen LogP contribution in [0.15, 0.2) is 73.1 Å². The Balaban J connectivity index is 1.41. The third-order valence-electron chi connectivity index (χ3n) is 6.78. The maximum Gasteiger partial charge on any atom is 0.269 e. The van der Waals surface area contributed by atoms with Crippen molar-refractivity contribution in [3.8, 4) is 11.3 Å². The van der Waals surface area contributed by atoms with Gasteiger partial charge in [0.05, 0.1) is 23.8 Å². The van der Waals surface area contributed by atoms with Gasteiger partial charge in [-0.15, -0.1) is 0 Å². The summed E-state index contributed by atoms with van der Waals surface area (Å²) in [7, 11) is 0. The number of nitrogens with zero attached hydrogens (tertiary/aromatic N) is 3. The van der Waals surface area contributed by atoms with Crippen LogP contribution in [0.4, 0.5) is 5.69 Å². The number of nitrogens with one attached hydrogen (secondary N) is 2. The molecule has 2 N–H and O–H groups in total. The van der Waals surface area contributed by atoms with E-state index in [2.05, 4.69) is 20.2 Å². The van der Waals surface area contributed by atoms with Crippen molar-refractivity contribution in [2.24, 2.45) is 0 Å². The number of aromatic amines is 1. The van der Waals surface area contributed by atoms with E-state index in [0.717, 1.165) is 52.9 Å². The number of amides is 1. The topological polar surface area (TPSA) is 113 Å². The molecule has 0 spiro atoms. The lowest BCUT2D eigenvalue weighted by atomic mass is 9.87. The fourth-order valence-electron chi connectivity index (χ4n) is 4.83. The molecular weight excluding hydrogens is 470 g/mol. The number of aromatic nitrogens is 2. The van der Waals surface area contributed by atoms with Crippen LogP contribution in [0.25, 0.3) is 22.2 Å². The van der Waals surface area contributed by atoms with Crippen molar-refractivity contribution in [3.63, 3.8) is 0 Å². The predicted octanol–water partition coefficient (Wildman–Crippen LogP) is 4.11. The zero-order valence-corrected chi connectivity index (χ0v) is 20.4. The summed E-state index contributed by atoms with van der Waals surface area (Å²) >= 11 is 0. The van der Waals surface area contributed by atoms with Gasteiger partial charge in [0.15, 0.2) is 0 Å². The van der Waals surface area contributed by atoms with Crippen molar-refractivity contribution >= 4 is 22.5 Å². The summed E-state index contributed by atoms with van der Waals surface area (Å²) in [5.41, 5.74) is 4.43. The highest BCUT2D eigenvalue weighted by Crippen LogP contribution is 2.36. The van der Waals surface area contributed by atoms with Crippen molar-refractivity contribution in [3.05, 3.63) is 94.3 Å². The molecule has 1 aliphatic rings. The third-order valence-corrected chi connectivity index (χ3v) is 6.78. The SMILES string of the molecule is O=C(C[C@H](c1cccc([N+](=O)[O-])c1)c1c[nH]c2cc(-c3ccccn3)ccc12)NCCN1CCOCC1. The summed E-state index contributed by atoms with van der Waals surface area (Å²) < 4.78 is 5.38. The average molecular weight is 500 g/mol. The van der Waals surface area contributed by atoms with Crippen LogP contribution in [-0.2, 0) is 9.53 Å². The molecule has 5 rings (SSSR count). The van der Waals surface area contributed by atoms with Crippen molar-refractivity contribution < 1.29 is 14.5 Å². The van der Waals surface area contributed by atoms with E-state index >= 15 is 0 Å². The summed E-state index contributed by atoms with van der Waals surface area (Å²) in [6.45, 7) is 4.46. The maximum atomic E-state index is 13.1. The Morgan fingerprint density at radius 1 is 1.14 bits per heavy atom. The number of ether oxygens (including phenoxy) is 1. The summed E-state index contributed by atoms with van der Waals surface area (Å²) in [6, 6.07) is 18.4. The first-order chi connectivity index (χ1) is 18.1. The van der Waals surface area contributed by atoms with Crippen LogP contribution in [0, 0.1) is 10.1 Å². The highest BCUT2D eigenvalue weighted by Gasteiger charge is 2.23. The predicted molar refractivity (Wildman–Crippen MR) is 141 cm³/mol. The van der Waals surface area contributed by atoms with E-state index in [-0.39, 0.29) is 23.9 Å². The first-order valence-electron chi connectivity index (χ1n) is 12.4. The second kappa shape index (κ2) is 11.3. The number of carbonyl (C=O) groups is 1. The van der Waals surface area contributed by atoms with Gasteiger partial charge in [0, 0.05) is 79.5 Å². The Hall–Kier alpha value is -4.08. The molecule has 0 saturated carbocycles. The number of pyridine rings is 1. The molecule has 0 radical (unpaired) electrons. The highest BCUT2D eigenvalue weighted by atomic mass is 16.6. The molecule has 1 fully saturated rings. The number of hydrogen-bond acceptors (Lipinski definition) is 6. The van der Waals surface area contributed by atoms with Crippen molar-refractivity contribution in [2.75, 3.05) is 39.4 Å². The van der Waals surface area contributed by atoms with Crippen LogP contribution in [-0.4, -0.2) is 65.1 Å². The number of H-pyrrole nitrogens is 1. The van der Waals surface area contributed by atoms with Gasteiger partial charge < -0.3 is 15.0 Å². The quantitative estimate of drug-likeness (QED) is 0.265. The van der Waals surface area contributed by atoms with Gasteiger partial charge in [-0.2, -0.15) is 0 Å². The van der Waals surface area contributed by atoms with E-state index in [4.69, 9.17) is 4.74 Å². The van der Waals surface area contributed by atoms with E-state index in [1.165, 1.54) is 6.07 Å². The minimum absolute atomic E-state index is 0.00695. The van der Waals surface area contributed by atoms with Crippen molar-refractivity contribution in [1.82, 2.24) is 20.2 Å². The molecule has 2 aromatic carbocycles. The molecule has 9 heteroatoms. The number of non-ortho nitro benzene ring substituents is 1. The van der Waals surface area contributed by atoms with Gasteiger partial charge >= 0.3 is 0 Å². The van der Waals surface area contributed by atoms with E-state index < -0.39 is 4.92 Å². The summed E-state index contributed by atoms with van der Waals surface area (Å²) in [4.78, 5) is 34.1. The number of fused-ring (bicyclic) bond motifs is 1. The van der Waals surface area contributed by atoms with Crippen LogP contribution in [0.1, 0.15) is 23.5 Å². The highest BCUT2D eigenvalue weighted by molar-refractivity contribution is 5.89. The maximum absolute atomic E-state index is 13.1. The summed E-state index contributed by atoms with van der Waals surface area (Å²) in [5.74, 6) is -0.443. The van der Waals surface area contributed by atoms with E-state index in [9.17, 15) is 14.9 Å². The minimum atomic E-state index is -0.405. The molecule has 2 aromatic heterocycles. The van der Waals surface area contributed by atoms with Crippen LogP contribution >= 0.6 is 0 Å². The van der Waals surface area contributed by atoms with Gasteiger partial charge in [-0.05, 0) is 29.3 Å². The lowest BCUT2D eigenvalue weighted by molar-refractivity contribution is -0.384. The second-order valence-corrected chi connectivity index (χ2v) is 9.13. The number of hydrogen-bond donors (Lipinski definition) is 2. The molecule has 0 aliphatic carbocycles. The first-order valence-corrected chi connectivity index (χ1v) is 12.4. The lowest BCUT2D eigenvalue weighted by Crippen LogP contribution is -2.41. The van der Waals surface area contributed by atoms with Gasteiger partial charge in [-0.1, -0.05) is 30.3 Å². The third kappa shape index (κ3) is 5.84. The molecule has 4 aromatic rings. The molecule has 3 heterocycles. The Bertz CT molecular complexity index is 1380. The molecule has 190 valence electrons. The van der Waals surface area contributed by atoms with Crippen LogP contribution in [0.3, 0.4) is 0 Å². The number of benzene rings is 2. The van der Waals surface area contributed by atoms with Gasteiger partial charge in [0.2, 0.25) is 5.91 Å². The number of nitro benzene ring substituents is 1. The standard InChI is InChI=1S/C28H29N5O4/c34-28(30-10-11-32-12-14-37-15-13-32)18-24(20-4-3-5-22(16-20)33(35)36)25-19-31-27-17-21(7-8-23(25)27)26-6-1-2-9-29-26/h1-9,16-17,19,24,31H,10-15,18H2,(H,30,34)/t24-/m1/s1. The Kier molecular flexibility index (Phi) is 7.53. The molecule has 1 atom stereocenters. The second-order valence-electron chi connectivity index (χ2n) is 9.13. The van der Waals surface area contributed by atoms with Gasteiger partial charge in [-0.3, -0.25) is 24.8 Å². The average Bonchev–Trinajstić information content (AvgIpc) is 3.36. The fraction of sp³-hybridized carbons (Fsp3) is 0.286. The molecule has 1 aliphatic heterocycles. The van der Waals surface area contributed by atoms with Gasteiger partial charge in [-0.25, -0.2) is 0 Å². The van der Waals surface area contributed by atoms with Crippen molar-refractivity contribution in [2.45, 2.75) is 12.3 Å². The van der Waals surface area contributed by atoms with Crippen LogP contribution < -0.4 is 5.32 Å². The van der Waals surface area contributed by atoms with Crippen LogP contribution in [0.5, 0.6) is 0 Å². The number of morpholine rings is 1. The molecule has 1 amide bonds. The van der Waals surface area contributed by atoms with Gasteiger partial charge in [0.1, 0.15) is 0 Å². The largest absolute Gasteiger partial charge is 0.379 e. The smallest absolute Gasteiger partial charge is 0.269 e. The minimum Gasteiger partial charge on any atom is -0.379 e. The van der Waals surface area contributed by atoms with Crippen molar-refractivity contribution in [1.29, 1.82) is 0 Å².